The zero-order valence-electron chi connectivity index (χ0n) is 16.3. The number of hydrogen-bond acceptors (Lipinski definition) is 6. The van der Waals surface area contributed by atoms with Crippen LogP contribution in [0.15, 0.2) is 77.3 Å². The van der Waals surface area contributed by atoms with E-state index in [-0.39, 0.29) is 0 Å². The molecule has 4 aromatic rings. The van der Waals surface area contributed by atoms with E-state index < -0.39 is 0 Å². The van der Waals surface area contributed by atoms with Crippen molar-refractivity contribution in [1.29, 1.82) is 0 Å². The molecule has 146 valence electrons. The molecule has 0 radical (unpaired) electrons. The van der Waals surface area contributed by atoms with Crippen LogP contribution >= 0.6 is 0 Å². The smallest absolute Gasteiger partial charge is 0.231 e. The van der Waals surface area contributed by atoms with Crippen molar-refractivity contribution in [2.24, 2.45) is 0 Å². The SMILES string of the molecule is Cc1cc(Nc2nc(NCCCc3ccccc3)cc(-c3ccccc3)n2)no1. The van der Waals surface area contributed by atoms with Crippen LogP contribution in [0.25, 0.3) is 11.3 Å². The van der Waals surface area contributed by atoms with Gasteiger partial charge in [0, 0.05) is 24.2 Å². The molecule has 0 amide bonds. The molecule has 2 N–H and O–H groups in total. The van der Waals surface area contributed by atoms with Gasteiger partial charge >= 0.3 is 0 Å². The third-order valence-corrected chi connectivity index (χ3v) is 4.45. The number of benzene rings is 2. The molecule has 0 unspecified atom stereocenters. The topological polar surface area (TPSA) is 75.9 Å². The van der Waals surface area contributed by atoms with Gasteiger partial charge in [0.15, 0.2) is 5.82 Å². The van der Waals surface area contributed by atoms with E-state index in [4.69, 9.17) is 4.52 Å². The van der Waals surface area contributed by atoms with Crippen LogP contribution in [0.5, 0.6) is 0 Å². The maximum atomic E-state index is 5.12. The molecule has 0 bridgehead atoms. The number of rotatable bonds is 8. The summed E-state index contributed by atoms with van der Waals surface area (Å²) in [5.74, 6) is 2.56. The van der Waals surface area contributed by atoms with Crippen molar-refractivity contribution >= 4 is 17.6 Å². The highest BCUT2D eigenvalue weighted by Gasteiger charge is 2.09. The predicted molar refractivity (Wildman–Crippen MR) is 115 cm³/mol. The Morgan fingerprint density at radius 3 is 2.34 bits per heavy atom. The molecule has 2 heterocycles. The molecule has 0 saturated heterocycles. The molecule has 0 saturated carbocycles. The Bertz CT molecular complexity index is 1050. The second kappa shape index (κ2) is 9.01. The first-order valence-corrected chi connectivity index (χ1v) is 9.69. The van der Waals surface area contributed by atoms with Crippen LogP contribution in [0, 0.1) is 6.92 Å². The van der Waals surface area contributed by atoms with Crippen LogP contribution in [0.1, 0.15) is 17.7 Å². The van der Waals surface area contributed by atoms with Gasteiger partial charge in [-0.15, -0.1) is 0 Å². The summed E-state index contributed by atoms with van der Waals surface area (Å²) in [6.07, 6.45) is 2.04. The number of anilines is 3. The monoisotopic (exact) mass is 385 g/mol. The van der Waals surface area contributed by atoms with E-state index >= 15 is 0 Å². The Balaban J connectivity index is 1.49. The molecular weight excluding hydrogens is 362 g/mol. The van der Waals surface area contributed by atoms with Crippen molar-refractivity contribution in [3.8, 4) is 11.3 Å². The van der Waals surface area contributed by atoms with Crippen LogP contribution in [-0.4, -0.2) is 21.7 Å². The highest BCUT2D eigenvalue weighted by Crippen LogP contribution is 2.23. The molecule has 0 spiro atoms. The van der Waals surface area contributed by atoms with Crippen molar-refractivity contribution in [1.82, 2.24) is 15.1 Å². The fourth-order valence-corrected chi connectivity index (χ4v) is 3.04. The summed E-state index contributed by atoms with van der Waals surface area (Å²) < 4.78 is 5.12. The third-order valence-electron chi connectivity index (χ3n) is 4.45. The van der Waals surface area contributed by atoms with Crippen LogP contribution < -0.4 is 10.6 Å². The molecule has 2 aromatic heterocycles. The summed E-state index contributed by atoms with van der Waals surface area (Å²) in [5, 5.41) is 10.5. The average Bonchev–Trinajstić information content (AvgIpc) is 3.17. The van der Waals surface area contributed by atoms with Gasteiger partial charge in [-0.1, -0.05) is 65.8 Å². The molecule has 6 heteroatoms. The van der Waals surface area contributed by atoms with Crippen LogP contribution in [-0.2, 0) is 6.42 Å². The summed E-state index contributed by atoms with van der Waals surface area (Å²) in [5.41, 5.74) is 3.21. The van der Waals surface area contributed by atoms with Gasteiger partial charge in [0.05, 0.1) is 5.69 Å². The van der Waals surface area contributed by atoms with Crippen molar-refractivity contribution in [3.05, 3.63) is 84.1 Å². The van der Waals surface area contributed by atoms with E-state index in [1.807, 2.05) is 55.5 Å². The lowest BCUT2D eigenvalue weighted by Gasteiger charge is -2.10. The molecule has 0 atom stereocenters. The summed E-state index contributed by atoms with van der Waals surface area (Å²) in [6.45, 7) is 2.67. The third kappa shape index (κ3) is 5.19. The predicted octanol–water partition coefficient (Wildman–Crippen LogP) is 5.23. The molecule has 0 aliphatic carbocycles. The molecule has 29 heavy (non-hydrogen) atoms. The lowest BCUT2D eigenvalue weighted by atomic mass is 10.1. The molecule has 4 rings (SSSR count). The van der Waals surface area contributed by atoms with Crippen molar-refractivity contribution in [2.75, 3.05) is 17.2 Å². The van der Waals surface area contributed by atoms with Crippen LogP contribution in [0.3, 0.4) is 0 Å². The maximum absolute atomic E-state index is 5.12. The minimum Gasteiger partial charge on any atom is -0.370 e. The molecular formula is C23H23N5O. The highest BCUT2D eigenvalue weighted by molar-refractivity contribution is 5.65. The summed E-state index contributed by atoms with van der Waals surface area (Å²) in [6, 6.07) is 24.3. The Morgan fingerprint density at radius 2 is 1.62 bits per heavy atom. The Labute approximate surface area is 170 Å². The fraction of sp³-hybridized carbons (Fsp3) is 0.174. The molecule has 0 aliphatic rings. The molecule has 0 fully saturated rings. The van der Waals surface area contributed by atoms with Gasteiger partial charge in [0.2, 0.25) is 5.95 Å². The summed E-state index contributed by atoms with van der Waals surface area (Å²) >= 11 is 0. The second-order valence-electron chi connectivity index (χ2n) is 6.79. The first-order valence-electron chi connectivity index (χ1n) is 9.69. The van der Waals surface area contributed by atoms with Gasteiger partial charge < -0.3 is 15.2 Å². The van der Waals surface area contributed by atoms with Gasteiger partial charge in [-0.2, -0.15) is 4.98 Å². The normalized spacial score (nSPS) is 10.7. The Morgan fingerprint density at radius 1 is 0.862 bits per heavy atom. The Kier molecular flexibility index (Phi) is 5.81. The largest absolute Gasteiger partial charge is 0.370 e. The van der Waals surface area contributed by atoms with E-state index in [9.17, 15) is 0 Å². The van der Waals surface area contributed by atoms with Gasteiger partial charge in [0.1, 0.15) is 11.6 Å². The number of nitrogens with zero attached hydrogens (tertiary/aromatic N) is 3. The summed E-state index contributed by atoms with van der Waals surface area (Å²) in [7, 11) is 0. The van der Waals surface area contributed by atoms with Gasteiger partial charge in [0.25, 0.3) is 0 Å². The second-order valence-corrected chi connectivity index (χ2v) is 6.79. The molecule has 0 aliphatic heterocycles. The first kappa shape index (κ1) is 18.7. The van der Waals surface area contributed by atoms with E-state index in [2.05, 4.69) is 50.0 Å². The van der Waals surface area contributed by atoms with Gasteiger partial charge in [-0.3, -0.25) is 0 Å². The number of hydrogen-bond donors (Lipinski definition) is 2. The maximum Gasteiger partial charge on any atom is 0.231 e. The minimum atomic E-state index is 0.477. The van der Waals surface area contributed by atoms with E-state index in [1.165, 1.54) is 5.56 Å². The fourth-order valence-electron chi connectivity index (χ4n) is 3.04. The van der Waals surface area contributed by atoms with Gasteiger partial charge in [-0.05, 0) is 25.3 Å². The Hall–Kier alpha value is -3.67. The zero-order chi connectivity index (χ0) is 19.9. The standard InChI is InChI=1S/C23H23N5O/c1-17-15-22(28-29-17)27-23-25-20(19-12-6-3-7-13-19)16-21(26-23)24-14-8-11-18-9-4-2-5-10-18/h2-7,9-10,12-13,15-16H,8,11,14H2,1H3,(H2,24,25,26,27,28). The van der Waals surface area contributed by atoms with Crippen molar-refractivity contribution < 1.29 is 4.52 Å². The molecule has 6 nitrogen and oxygen atoms in total. The van der Waals surface area contributed by atoms with E-state index in [0.717, 1.165) is 42.2 Å². The highest BCUT2D eigenvalue weighted by atomic mass is 16.5. The quantitative estimate of drug-likeness (QED) is 0.405. The summed E-state index contributed by atoms with van der Waals surface area (Å²) in [4.78, 5) is 9.23. The number of nitrogens with one attached hydrogen (secondary N) is 2. The first-order chi connectivity index (χ1) is 14.3. The van der Waals surface area contributed by atoms with E-state index in [1.54, 1.807) is 0 Å². The number of aryl methyl sites for hydroxylation is 2. The van der Waals surface area contributed by atoms with Crippen LogP contribution in [0.2, 0.25) is 0 Å². The van der Waals surface area contributed by atoms with Crippen molar-refractivity contribution in [3.63, 3.8) is 0 Å². The van der Waals surface area contributed by atoms with Crippen molar-refractivity contribution in [2.45, 2.75) is 19.8 Å². The minimum absolute atomic E-state index is 0.477. The molecule has 2 aromatic carbocycles. The average molecular weight is 385 g/mol. The number of aromatic nitrogens is 3. The lowest BCUT2D eigenvalue weighted by Crippen LogP contribution is -2.07. The van der Waals surface area contributed by atoms with Gasteiger partial charge in [-0.25, -0.2) is 4.98 Å². The van der Waals surface area contributed by atoms with E-state index in [0.29, 0.717) is 11.8 Å². The van der Waals surface area contributed by atoms with Crippen LogP contribution in [0.4, 0.5) is 17.6 Å². The zero-order valence-corrected chi connectivity index (χ0v) is 16.3. The lowest BCUT2D eigenvalue weighted by molar-refractivity contribution is 0.400.